The van der Waals surface area contributed by atoms with Crippen LogP contribution in [0, 0.1) is 0 Å². The van der Waals surface area contributed by atoms with Gasteiger partial charge in [0.1, 0.15) is 22.3 Å². The van der Waals surface area contributed by atoms with Crippen molar-refractivity contribution in [1.82, 2.24) is 4.57 Å². The van der Waals surface area contributed by atoms with E-state index < -0.39 is 0 Å². The Labute approximate surface area is 387 Å². The summed E-state index contributed by atoms with van der Waals surface area (Å²) >= 11 is 0. The van der Waals surface area contributed by atoms with Gasteiger partial charge in [0.2, 0.25) is 0 Å². The van der Waals surface area contributed by atoms with Gasteiger partial charge in [-0.15, -0.1) is 0 Å². The summed E-state index contributed by atoms with van der Waals surface area (Å²) in [4.78, 5) is 0. The lowest BCUT2D eigenvalue weighted by Crippen LogP contribution is -2.10. The first kappa shape index (κ1) is 37.9. The smallest absolute Gasteiger partial charge is 0.136 e. The van der Waals surface area contributed by atoms with E-state index >= 15 is 0 Å². The van der Waals surface area contributed by atoms with E-state index in [0.29, 0.717) is 11.8 Å². The van der Waals surface area contributed by atoms with E-state index in [0.717, 1.165) is 89.3 Å². The maximum atomic E-state index is 6.56. The Bertz CT molecular complexity index is 4090. The summed E-state index contributed by atoms with van der Waals surface area (Å²) in [5.74, 6) is 0.755. The molecule has 3 heterocycles. The Hall–Kier alpha value is -8.40. The summed E-state index contributed by atoms with van der Waals surface area (Å²) < 4.78 is 15.5. The normalized spacial score (nSPS) is 14.9. The molecule has 0 fully saturated rings. The molecular formula is C64H43NO2. The van der Waals surface area contributed by atoms with Crippen LogP contribution in [0.25, 0.3) is 116 Å². The van der Waals surface area contributed by atoms with Crippen molar-refractivity contribution in [2.75, 3.05) is 0 Å². The van der Waals surface area contributed by atoms with Gasteiger partial charge in [-0.3, -0.25) is 0 Å². The molecule has 0 saturated carbocycles. The summed E-state index contributed by atoms with van der Waals surface area (Å²) in [5, 5.41) is 6.83. The number of rotatable bonds is 5. The van der Waals surface area contributed by atoms with Crippen molar-refractivity contribution in [3.05, 3.63) is 235 Å². The lowest BCUT2D eigenvalue weighted by molar-refractivity contribution is 0.579. The zero-order chi connectivity index (χ0) is 44.2. The molecule has 0 aliphatic heterocycles. The molecule has 0 saturated heterocycles. The van der Waals surface area contributed by atoms with E-state index in [1.807, 2.05) is 6.07 Å². The van der Waals surface area contributed by atoms with Crippen LogP contribution in [0.1, 0.15) is 35.4 Å². The van der Waals surface area contributed by atoms with Crippen molar-refractivity contribution >= 4 is 65.7 Å². The van der Waals surface area contributed by atoms with Crippen molar-refractivity contribution < 1.29 is 8.83 Å². The maximum absolute atomic E-state index is 6.56. The van der Waals surface area contributed by atoms with Gasteiger partial charge in [0, 0.05) is 43.6 Å². The number of hydrogen-bond acceptors (Lipinski definition) is 2. The Morgan fingerprint density at radius 2 is 0.970 bits per heavy atom. The van der Waals surface area contributed by atoms with Crippen molar-refractivity contribution in [2.45, 2.75) is 25.2 Å². The van der Waals surface area contributed by atoms with Crippen LogP contribution in [0.4, 0.5) is 0 Å². The third kappa shape index (κ3) is 5.84. The zero-order valence-corrected chi connectivity index (χ0v) is 36.9. The molecule has 2 unspecified atom stereocenters. The summed E-state index contributed by atoms with van der Waals surface area (Å²) in [6, 6.07) is 79.9. The Morgan fingerprint density at radius 1 is 0.403 bits per heavy atom. The fourth-order valence-corrected chi connectivity index (χ4v) is 11.6. The second-order valence-electron chi connectivity index (χ2n) is 18.3. The predicted molar refractivity (Wildman–Crippen MR) is 278 cm³/mol. The largest absolute Gasteiger partial charge is 0.456 e. The molecule has 13 aromatic rings. The van der Waals surface area contributed by atoms with E-state index in [-0.39, 0.29) is 0 Å². The van der Waals surface area contributed by atoms with Crippen molar-refractivity contribution in [2.24, 2.45) is 0 Å². The summed E-state index contributed by atoms with van der Waals surface area (Å²) in [5.41, 5.74) is 20.8. The van der Waals surface area contributed by atoms with Crippen LogP contribution in [0.15, 0.2) is 227 Å². The van der Waals surface area contributed by atoms with Crippen LogP contribution in [0.2, 0.25) is 0 Å². The third-order valence-electron chi connectivity index (χ3n) is 14.7. The number of furan rings is 2. The summed E-state index contributed by atoms with van der Waals surface area (Å²) in [6.45, 7) is 2.41. The van der Waals surface area contributed by atoms with Gasteiger partial charge in [0.05, 0.1) is 11.0 Å². The monoisotopic (exact) mass is 857 g/mol. The quantitative estimate of drug-likeness (QED) is 0.173. The van der Waals surface area contributed by atoms with Crippen LogP contribution < -0.4 is 0 Å². The van der Waals surface area contributed by atoms with Gasteiger partial charge in [-0.1, -0.05) is 159 Å². The second-order valence-corrected chi connectivity index (χ2v) is 18.3. The van der Waals surface area contributed by atoms with Gasteiger partial charge < -0.3 is 13.4 Å². The molecule has 67 heavy (non-hydrogen) atoms. The van der Waals surface area contributed by atoms with E-state index in [1.165, 1.54) is 49.7 Å². The molecule has 1 aliphatic carbocycles. The fourth-order valence-electron chi connectivity index (χ4n) is 11.6. The van der Waals surface area contributed by atoms with Gasteiger partial charge in [-0.2, -0.15) is 0 Å². The first-order chi connectivity index (χ1) is 33.1. The van der Waals surface area contributed by atoms with E-state index in [9.17, 15) is 0 Å². The maximum Gasteiger partial charge on any atom is 0.136 e. The highest BCUT2D eigenvalue weighted by atomic mass is 16.3. The van der Waals surface area contributed by atoms with E-state index in [2.05, 4.69) is 224 Å². The molecule has 316 valence electrons. The van der Waals surface area contributed by atoms with Crippen molar-refractivity contribution in [1.29, 1.82) is 0 Å². The molecule has 1 aliphatic rings. The highest BCUT2D eigenvalue weighted by Crippen LogP contribution is 2.49. The van der Waals surface area contributed by atoms with Crippen LogP contribution in [0.5, 0.6) is 0 Å². The number of hydrogen-bond donors (Lipinski definition) is 0. The summed E-state index contributed by atoms with van der Waals surface area (Å²) in [7, 11) is 0. The lowest BCUT2D eigenvalue weighted by atomic mass is 9.80. The minimum Gasteiger partial charge on any atom is -0.456 e. The molecule has 3 heteroatoms. The SMILES string of the molecule is CC1c2ccccc2-c2cc(-c3ccc4c(c3)c3cc(-c5cccc6oc7ccccc7c56)cc(-c5cccc6oc7ccccc7c56)c3n4-c3ccccc3)ccc2CC1c1ccccc1. The molecule has 0 spiro atoms. The first-order valence-electron chi connectivity index (χ1n) is 23.4. The van der Waals surface area contributed by atoms with E-state index in [4.69, 9.17) is 8.83 Å². The van der Waals surface area contributed by atoms with Crippen LogP contribution in [-0.2, 0) is 6.42 Å². The zero-order valence-electron chi connectivity index (χ0n) is 36.9. The highest BCUT2D eigenvalue weighted by Gasteiger charge is 2.29. The second kappa shape index (κ2) is 14.8. The third-order valence-corrected chi connectivity index (χ3v) is 14.7. The minimum absolute atomic E-state index is 0.370. The lowest BCUT2D eigenvalue weighted by Gasteiger charge is -2.23. The molecule has 0 bridgehead atoms. The average Bonchev–Trinajstić information content (AvgIpc) is 4.05. The molecule has 2 atom stereocenters. The molecular weight excluding hydrogens is 815 g/mol. The van der Waals surface area contributed by atoms with Gasteiger partial charge >= 0.3 is 0 Å². The topological polar surface area (TPSA) is 31.2 Å². The minimum atomic E-state index is 0.370. The van der Waals surface area contributed by atoms with Crippen LogP contribution in [0.3, 0.4) is 0 Å². The van der Waals surface area contributed by atoms with Gasteiger partial charge in [0.15, 0.2) is 0 Å². The molecule has 14 rings (SSSR count). The average molecular weight is 858 g/mol. The van der Waals surface area contributed by atoms with Crippen molar-refractivity contribution in [3.63, 3.8) is 0 Å². The Morgan fingerprint density at radius 3 is 1.73 bits per heavy atom. The Balaban J connectivity index is 1.06. The molecule has 0 N–H and O–H groups in total. The molecule has 0 radical (unpaired) electrons. The molecule has 10 aromatic carbocycles. The van der Waals surface area contributed by atoms with E-state index in [1.54, 1.807) is 0 Å². The number of fused-ring (bicyclic) bond motifs is 12. The number of nitrogens with zero attached hydrogens (tertiary/aromatic N) is 1. The molecule has 3 aromatic heterocycles. The standard InChI is InChI=1S/C64H43NO2/c1-39-46-20-8-9-21-48(46)53-34-41(30-31-43(53)36-52(39)40-16-4-2-5-17-40)42-32-33-57-54(35-42)56-38-44(47-24-14-28-60-62(47)50-22-10-12-26-58(50)66-60)37-55(64(56)65(57)45-18-6-3-7-19-45)49-25-15-29-61-63(49)51-23-11-13-27-59(51)67-61/h2-35,37-39,52H,36H2,1H3. The molecule has 3 nitrogen and oxygen atoms in total. The molecule has 0 amide bonds. The Kier molecular flexibility index (Phi) is 8.39. The van der Waals surface area contributed by atoms with Gasteiger partial charge in [-0.05, 0) is 141 Å². The van der Waals surface area contributed by atoms with Gasteiger partial charge in [0.25, 0.3) is 0 Å². The number of benzene rings is 10. The van der Waals surface area contributed by atoms with Crippen LogP contribution in [-0.4, -0.2) is 4.57 Å². The summed E-state index contributed by atoms with van der Waals surface area (Å²) in [6.07, 6.45) is 0.988. The van der Waals surface area contributed by atoms with Crippen molar-refractivity contribution in [3.8, 4) is 50.2 Å². The fraction of sp³-hybridized carbons (Fsp3) is 0.0625. The van der Waals surface area contributed by atoms with Crippen LogP contribution >= 0.6 is 0 Å². The number of aromatic nitrogens is 1. The predicted octanol–water partition coefficient (Wildman–Crippen LogP) is 17.7. The highest BCUT2D eigenvalue weighted by molar-refractivity contribution is 6.22. The number of para-hydroxylation sites is 3. The first-order valence-corrected chi connectivity index (χ1v) is 23.4. The van der Waals surface area contributed by atoms with Gasteiger partial charge in [-0.25, -0.2) is 0 Å².